The molecule has 2 rings (SSSR count). The van der Waals surface area contributed by atoms with Crippen LogP contribution in [0.1, 0.15) is 88.5 Å². The molecular formula is C47H56O10. The number of ketones is 2. The molecule has 0 saturated carbocycles. The molecule has 0 aromatic carbocycles. The molecule has 304 valence electrons. The first-order valence-corrected chi connectivity index (χ1v) is 18.6. The van der Waals surface area contributed by atoms with Crippen molar-refractivity contribution in [1.29, 1.82) is 0 Å². The lowest BCUT2D eigenvalue weighted by Gasteiger charge is -2.36. The van der Waals surface area contributed by atoms with Crippen LogP contribution in [0, 0.1) is 10.8 Å². The Hall–Kier alpha value is -5.90. The maximum Gasteiger partial charge on any atom is 0.332 e. The van der Waals surface area contributed by atoms with Crippen LogP contribution in [0.15, 0.2) is 141 Å². The molecule has 0 heterocycles. The van der Waals surface area contributed by atoms with E-state index < -0.39 is 53.3 Å². The van der Waals surface area contributed by atoms with E-state index in [0.29, 0.717) is 30.1 Å². The lowest BCUT2D eigenvalue weighted by Crippen LogP contribution is -2.38. The van der Waals surface area contributed by atoms with Crippen LogP contribution in [0.3, 0.4) is 0 Å². The Morgan fingerprint density at radius 3 is 1.49 bits per heavy atom. The number of ether oxygens (including phenoxy) is 2. The van der Waals surface area contributed by atoms with Gasteiger partial charge in [0.2, 0.25) is 0 Å². The van der Waals surface area contributed by atoms with Crippen molar-refractivity contribution < 1.29 is 48.5 Å². The maximum absolute atomic E-state index is 13.1. The highest BCUT2D eigenvalue weighted by Gasteiger charge is 2.40. The van der Waals surface area contributed by atoms with E-state index in [0.717, 1.165) is 33.4 Å². The summed E-state index contributed by atoms with van der Waals surface area (Å²) in [6.45, 7) is 19.6. The van der Waals surface area contributed by atoms with Crippen molar-refractivity contribution in [3.05, 3.63) is 141 Å². The van der Waals surface area contributed by atoms with Crippen molar-refractivity contribution in [2.75, 3.05) is 0 Å². The largest absolute Gasteiger partial charge is 0.481 e. The van der Waals surface area contributed by atoms with Crippen LogP contribution in [0.2, 0.25) is 0 Å². The molecule has 0 amide bonds. The number of allylic oxidation sites excluding steroid dienone is 20. The molecule has 0 fully saturated rings. The average Bonchev–Trinajstić information content (AvgIpc) is 3.10. The first kappa shape index (κ1) is 47.3. The molecule has 2 atom stereocenters. The molecule has 2 N–H and O–H groups in total. The summed E-state index contributed by atoms with van der Waals surface area (Å²) in [7, 11) is 0. The monoisotopic (exact) mass is 780 g/mol. The number of esters is 1. The first-order valence-electron chi connectivity index (χ1n) is 18.6. The summed E-state index contributed by atoms with van der Waals surface area (Å²) in [5.74, 6) is -4.59. The van der Waals surface area contributed by atoms with Crippen molar-refractivity contribution in [2.24, 2.45) is 10.8 Å². The van der Waals surface area contributed by atoms with Gasteiger partial charge in [-0.25, -0.2) is 9.59 Å². The van der Waals surface area contributed by atoms with E-state index in [-0.39, 0.29) is 17.6 Å². The second kappa shape index (κ2) is 21.4. The predicted octanol–water partition coefficient (Wildman–Crippen LogP) is 9.12. The summed E-state index contributed by atoms with van der Waals surface area (Å²) < 4.78 is 10.3. The fraction of sp³-hybridized carbons (Fsp3) is 0.362. The Morgan fingerprint density at radius 2 is 1.07 bits per heavy atom. The van der Waals surface area contributed by atoms with Gasteiger partial charge in [-0.1, -0.05) is 135 Å². The molecule has 0 radical (unpaired) electrons. The van der Waals surface area contributed by atoms with Gasteiger partial charge in [0, 0.05) is 18.9 Å². The molecule has 0 spiro atoms. The van der Waals surface area contributed by atoms with Gasteiger partial charge in [0.15, 0.2) is 23.8 Å². The molecular weight excluding hydrogens is 725 g/mol. The Labute approximate surface area is 336 Å². The second-order valence-corrected chi connectivity index (χ2v) is 15.6. The third-order valence-corrected chi connectivity index (χ3v) is 9.66. The number of carbonyl (C=O) groups excluding carboxylic acids is 4. The number of carbonyl (C=O) groups is 6. The summed E-state index contributed by atoms with van der Waals surface area (Å²) in [5, 5.41) is 18.1. The molecule has 0 aromatic heterocycles. The molecule has 2 aliphatic rings. The maximum atomic E-state index is 13.1. The van der Waals surface area contributed by atoms with Crippen LogP contribution in [-0.4, -0.2) is 58.4 Å². The normalized spacial score (nSPS) is 21.5. The Bertz CT molecular complexity index is 1990. The Morgan fingerprint density at radius 1 is 0.667 bits per heavy atom. The smallest absolute Gasteiger partial charge is 0.332 e. The van der Waals surface area contributed by atoms with Crippen molar-refractivity contribution in [3.8, 4) is 0 Å². The third kappa shape index (κ3) is 14.9. The van der Waals surface area contributed by atoms with Crippen LogP contribution >= 0.6 is 0 Å². The number of aliphatic carboxylic acids is 2. The molecule has 0 aromatic rings. The van der Waals surface area contributed by atoms with E-state index in [4.69, 9.17) is 14.6 Å². The van der Waals surface area contributed by atoms with Crippen LogP contribution in [-0.2, 0) is 38.2 Å². The zero-order valence-electron chi connectivity index (χ0n) is 34.7. The number of carboxylic acid groups (broad SMARTS) is 2. The summed E-state index contributed by atoms with van der Waals surface area (Å²) in [5.41, 5.74) is 5.35. The lowest BCUT2D eigenvalue weighted by molar-refractivity contribution is -0.151. The summed E-state index contributed by atoms with van der Waals surface area (Å²) >= 11 is 0. The van der Waals surface area contributed by atoms with E-state index in [2.05, 4.69) is 0 Å². The fourth-order valence-electron chi connectivity index (χ4n) is 6.51. The Balaban J connectivity index is 2.01. The zero-order valence-corrected chi connectivity index (χ0v) is 34.7. The van der Waals surface area contributed by atoms with Gasteiger partial charge >= 0.3 is 17.9 Å². The summed E-state index contributed by atoms with van der Waals surface area (Å²) in [6, 6.07) is 0. The van der Waals surface area contributed by atoms with Gasteiger partial charge in [0.1, 0.15) is 0 Å². The van der Waals surface area contributed by atoms with Gasteiger partial charge in [-0.2, -0.15) is 0 Å². The van der Waals surface area contributed by atoms with E-state index in [9.17, 15) is 33.9 Å². The molecule has 0 aliphatic heterocycles. The van der Waals surface area contributed by atoms with Crippen molar-refractivity contribution >= 4 is 35.9 Å². The minimum Gasteiger partial charge on any atom is -0.481 e. The first-order chi connectivity index (χ1) is 26.6. The highest BCUT2D eigenvalue weighted by Crippen LogP contribution is 2.42. The number of hydrogen-bond donors (Lipinski definition) is 2. The van der Waals surface area contributed by atoms with Gasteiger partial charge in [-0.05, 0) is 74.7 Å². The minimum absolute atomic E-state index is 0.154. The third-order valence-electron chi connectivity index (χ3n) is 9.66. The van der Waals surface area contributed by atoms with Crippen molar-refractivity contribution in [3.63, 3.8) is 0 Å². The van der Waals surface area contributed by atoms with Crippen LogP contribution in [0.25, 0.3) is 0 Å². The highest BCUT2D eigenvalue weighted by molar-refractivity contribution is 6.03. The average molecular weight is 781 g/mol. The molecule has 10 heteroatoms. The van der Waals surface area contributed by atoms with Crippen molar-refractivity contribution in [2.45, 2.75) is 101 Å². The van der Waals surface area contributed by atoms with Gasteiger partial charge in [-0.3, -0.25) is 19.2 Å². The van der Waals surface area contributed by atoms with Gasteiger partial charge in [0.25, 0.3) is 6.47 Å². The van der Waals surface area contributed by atoms with E-state index >= 15 is 0 Å². The van der Waals surface area contributed by atoms with Crippen LogP contribution in [0.4, 0.5) is 0 Å². The summed E-state index contributed by atoms with van der Waals surface area (Å²) in [6.07, 6.45) is 26.1. The molecule has 2 aliphatic carbocycles. The second-order valence-electron chi connectivity index (χ2n) is 15.6. The predicted molar refractivity (Wildman–Crippen MR) is 222 cm³/mol. The minimum atomic E-state index is -1.55. The molecule has 57 heavy (non-hydrogen) atoms. The van der Waals surface area contributed by atoms with E-state index in [1.165, 1.54) is 0 Å². The SMILES string of the molecule is CC1=C(/C=C/C(C)=C/C=C/C(C)=C/C=C/C=C(C)/C=C/C=C(C)/C=C/C2=C(C)C(=O)C(OC(=O)/C=C(/CC(=O)O)C(=O)O)CC2(C)C)C(C)(C)CC(OC=O)C1=O. The topological polar surface area (TPSA) is 161 Å². The van der Waals surface area contributed by atoms with Gasteiger partial charge in [-0.15, -0.1) is 0 Å². The number of Topliss-reactive ketones (excluding diaryl/α,β-unsaturated/α-hetero) is 2. The molecule has 0 bridgehead atoms. The van der Waals surface area contributed by atoms with Crippen LogP contribution in [0.5, 0.6) is 0 Å². The molecule has 0 saturated heterocycles. The Kier molecular flexibility index (Phi) is 17.8. The highest BCUT2D eigenvalue weighted by atomic mass is 16.5. The number of rotatable bonds is 17. The number of hydrogen-bond acceptors (Lipinski definition) is 8. The van der Waals surface area contributed by atoms with E-state index in [1.54, 1.807) is 13.8 Å². The van der Waals surface area contributed by atoms with Crippen LogP contribution < -0.4 is 0 Å². The standard InChI is InChI=1S/C47H56O10/c1-30(17-13-19-32(3)21-23-37-34(5)43(52)39(56-29-48)27-46(37,7)8)15-11-12-16-31(2)18-14-20-33(4)22-24-38-35(6)44(53)40(28-47(38,9)10)57-42(51)26-36(45(54)55)25-41(49)50/h11-24,26,29,39-40H,25,27-28H2,1-10H3,(H,49,50)(H,54,55)/b12-11+,17-13+,18-14+,23-21+,24-22+,30-15+,31-16+,32-19+,33-20+,36-26-. The van der Waals surface area contributed by atoms with Gasteiger partial charge < -0.3 is 19.7 Å². The zero-order chi connectivity index (χ0) is 43.1. The molecule has 10 nitrogen and oxygen atoms in total. The fourth-order valence-corrected chi connectivity index (χ4v) is 6.51. The van der Waals surface area contributed by atoms with E-state index in [1.807, 2.05) is 140 Å². The van der Waals surface area contributed by atoms with Crippen molar-refractivity contribution in [1.82, 2.24) is 0 Å². The quantitative estimate of drug-likeness (QED) is 0.0630. The molecule has 2 unspecified atom stereocenters. The lowest BCUT2D eigenvalue weighted by atomic mass is 9.71. The number of carboxylic acids is 2. The van der Waals surface area contributed by atoms with Gasteiger partial charge in [0.05, 0.1) is 12.0 Å². The summed E-state index contributed by atoms with van der Waals surface area (Å²) in [4.78, 5) is 71.2.